The zero-order valence-corrected chi connectivity index (χ0v) is 11.2. The monoisotopic (exact) mass is 263 g/mol. The van der Waals surface area contributed by atoms with Crippen molar-refractivity contribution in [3.05, 3.63) is 52.2 Å². The summed E-state index contributed by atoms with van der Waals surface area (Å²) in [5.41, 5.74) is 8.00. The van der Waals surface area contributed by atoms with Crippen LogP contribution in [0.1, 0.15) is 17.2 Å². The van der Waals surface area contributed by atoms with Crippen molar-refractivity contribution in [3.8, 4) is 5.75 Å². The van der Waals surface area contributed by atoms with Crippen molar-refractivity contribution < 1.29 is 9.47 Å². The van der Waals surface area contributed by atoms with E-state index in [2.05, 4.69) is 11.4 Å². The fourth-order valence-electron chi connectivity index (χ4n) is 1.68. The average Bonchev–Trinajstić information content (AvgIpc) is 2.94. The number of ether oxygens (including phenoxy) is 2. The Balaban J connectivity index is 1.93. The molecule has 0 aliphatic rings. The lowest BCUT2D eigenvalue weighted by Crippen LogP contribution is -2.15. The fourth-order valence-corrected chi connectivity index (χ4v) is 2.38. The summed E-state index contributed by atoms with van der Waals surface area (Å²) in [4.78, 5) is 0. The van der Waals surface area contributed by atoms with Crippen molar-refractivity contribution in [1.82, 2.24) is 0 Å². The number of rotatable bonds is 6. The minimum absolute atomic E-state index is 0.0293. The lowest BCUT2D eigenvalue weighted by Gasteiger charge is -2.15. The second-order valence-corrected chi connectivity index (χ2v) is 4.72. The minimum atomic E-state index is -0.0293. The van der Waals surface area contributed by atoms with Crippen molar-refractivity contribution in [2.24, 2.45) is 5.73 Å². The van der Waals surface area contributed by atoms with Crippen LogP contribution in [0.5, 0.6) is 5.75 Å². The number of hydrogen-bond donors (Lipinski definition) is 1. The molecule has 0 saturated heterocycles. The molecule has 1 unspecified atom stereocenters. The predicted molar refractivity (Wildman–Crippen MR) is 73.9 cm³/mol. The number of thiophene rings is 1. The number of hydrogen-bond acceptors (Lipinski definition) is 4. The van der Waals surface area contributed by atoms with Gasteiger partial charge in [-0.15, -0.1) is 0 Å². The van der Waals surface area contributed by atoms with Crippen LogP contribution in [-0.4, -0.2) is 13.7 Å². The van der Waals surface area contributed by atoms with Gasteiger partial charge in [-0.1, -0.05) is 12.1 Å². The molecule has 0 spiro atoms. The van der Waals surface area contributed by atoms with Crippen molar-refractivity contribution in [2.75, 3.05) is 13.7 Å². The molecular weight excluding hydrogens is 246 g/mol. The van der Waals surface area contributed by atoms with Crippen LogP contribution in [0.25, 0.3) is 0 Å². The summed E-state index contributed by atoms with van der Waals surface area (Å²) >= 11 is 1.66. The average molecular weight is 263 g/mol. The van der Waals surface area contributed by atoms with Gasteiger partial charge in [0.2, 0.25) is 0 Å². The molecule has 0 amide bonds. The molecule has 1 heterocycles. The zero-order chi connectivity index (χ0) is 12.8. The Bertz CT molecular complexity index is 453. The van der Waals surface area contributed by atoms with E-state index in [0.29, 0.717) is 13.2 Å². The molecule has 0 aliphatic carbocycles. The van der Waals surface area contributed by atoms with Crippen LogP contribution < -0.4 is 10.5 Å². The van der Waals surface area contributed by atoms with Gasteiger partial charge in [0.1, 0.15) is 5.75 Å². The molecule has 1 atom stereocenters. The van der Waals surface area contributed by atoms with E-state index in [1.807, 2.05) is 29.6 Å². The summed E-state index contributed by atoms with van der Waals surface area (Å²) < 4.78 is 11.0. The number of benzene rings is 1. The smallest absolute Gasteiger partial charge is 0.118 e. The van der Waals surface area contributed by atoms with Gasteiger partial charge >= 0.3 is 0 Å². The van der Waals surface area contributed by atoms with Gasteiger partial charge < -0.3 is 15.2 Å². The first-order valence-electron chi connectivity index (χ1n) is 5.80. The third-order valence-corrected chi connectivity index (χ3v) is 3.44. The Morgan fingerprint density at radius 3 is 2.56 bits per heavy atom. The Morgan fingerprint density at radius 1 is 1.22 bits per heavy atom. The maximum Gasteiger partial charge on any atom is 0.118 e. The van der Waals surface area contributed by atoms with E-state index in [-0.39, 0.29) is 6.10 Å². The van der Waals surface area contributed by atoms with Crippen LogP contribution in [0.2, 0.25) is 0 Å². The molecule has 4 heteroatoms. The van der Waals surface area contributed by atoms with Gasteiger partial charge in [0.25, 0.3) is 0 Å². The SMILES string of the molecule is COc1ccc(COC(CN)c2ccsc2)cc1. The zero-order valence-electron chi connectivity index (χ0n) is 10.3. The van der Waals surface area contributed by atoms with Crippen LogP contribution in [0.15, 0.2) is 41.1 Å². The van der Waals surface area contributed by atoms with Crippen LogP contribution in [0.3, 0.4) is 0 Å². The summed E-state index contributed by atoms with van der Waals surface area (Å²) in [6.45, 7) is 1.05. The highest BCUT2D eigenvalue weighted by Crippen LogP contribution is 2.21. The van der Waals surface area contributed by atoms with E-state index in [0.717, 1.165) is 16.9 Å². The Hall–Kier alpha value is -1.36. The van der Waals surface area contributed by atoms with Gasteiger partial charge in [-0.3, -0.25) is 0 Å². The van der Waals surface area contributed by atoms with E-state index in [4.69, 9.17) is 15.2 Å². The van der Waals surface area contributed by atoms with E-state index < -0.39 is 0 Å². The molecule has 2 N–H and O–H groups in total. The topological polar surface area (TPSA) is 44.5 Å². The molecule has 0 aliphatic heterocycles. The van der Waals surface area contributed by atoms with Crippen LogP contribution >= 0.6 is 11.3 Å². The van der Waals surface area contributed by atoms with Crippen molar-refractivity contribution in [3.63, 3.8) is 0 Å². The molecule has 1 aromatic heterocycles. The lowest BCUT2D eigenvalue weighted by molar-refractivity contribution is 0.0459. The summed E-state index contributed by atoms with van der Waals surface area (Å²) in [6.07, 6.45) is -0.0293. The van der Waals surface area contributed by atoms with Gasteiger partial charge in [0.05, 0.1) is 19.8 Å². The molecular formula is C14H17NO2S. The van der Waals surface area contributed by atoms with Gasteiger partial charge in [-0.25, -0.2) is 0 Å². The van der Waals surface area contributed by atoms with Crippen molar-refractivity contribution in [2.45, 2.75) is 12.7 Å². The Kier molecular flexibility index (Phi) is 4.75. The largest absolute Gasteiger partial charge is 0.497 e. The molecule has 2 rings (SSSR count). The summed E-state index contributed by atoms with van der Waals surface area (Å²) in [5, 5.41) is 4.11. The van der Waals surface area contributed by atoms with Crippen LogP contribution in [0, 0.1) is 0 Å². The third kappa shape index (κ3) is 3.32. The van der Waals surface area contributed by atoms with Crippen LogP contribution in [0.4, 0.5) is 0 Å². The first kappa shape index (κ1) is 13.1. The van der Waals surface area contributed by atoms with Gasteiger partial charge in [-0.2, -0.15) is 11.3 Å². The molecule has 0 radical (unpaired) electrons. The molecule has 3 nitrogen and oxygen atoms in total. The lowest BCUT2D eigenvalue weighted by atomic mass is 10.2. The molecule has 18 heavy (non-hydrogen) atoms. The number of nitrogens with two attached hydrogens (primary N) is 1. The number of methoxy groups -OCH3 is 1. The van der Waals surface area contributed by atoms with Crippen molar-refractivity contribution in [1.29, 1.82) is 0 Å². The van der Waals surface area contributed by atoms with E-state index >= 15 is 0 Å². The van der Waals surface area contributed by atoms with Gasteiger partial charge in [0, 0.05) is 6.54 Å². The summed E-state index contributed by atoms with van der Waals surface area (Å²) in [6, 6.07) is 9.91. The maximum atomic E-state index is 5.84. The van der Waals surface area contributed by atoms with Crippen LogP contribution in [-0.2, 0) is 11.3 Å². The highest BCUT2D eigenvalue weighted by Gasteiger charge is 2.10. The van der Waals surface area contributed by atoms with E-state index in [9.17, 15) is 0 Å². The molecule has 0 bridgehead atoms. The Labute approximate surface area is 111 Å². The predicted octanol–water partition coefficient (Wildman–Crippen LogP) is 2.97. The van der Waals surface area contributed by atoms with Gasteiger partial charge in [-0.05, 0) is 40.1 Å². The van der Waals surface area contributed by atoms with Gasteiger partial charge in [0.15, 0.2) is 0 Å². The molecule has 2 aromatic rings. The van der Waals surface area contributed by atoms with E-state index in [1.165, 1.54) is 0 Å². The standard InChI is InChI=1S/C14H17NO2S/c1-16-13-4-2-11(3-5-13)9-17-14(8-15)12-6-7-18-10-12/h2-7,10,14H,8-9,15H2,1H3. The summed E-state index contributed by atoms with van der Waals surface area (Å²) in [7, 11) is 1.66. The second kappa shape index (κ2) is 6.54. The normalized spacial score (nSPS) is 12.3. The molecule has 0 fully saturated rings. The summed E-state index contributed by atoms with van der Waals surface area (Å²) in [5.74, 6) is 0.854. The quantitative estimate of drug-likeness (QED) is 0.871. The highest BCUT2D eigenvalue weighted by atomic mass is 32.1. The fraction of sp³-hybridized carbons (Fsp3) is 0.286. The highest BCUT2D eigenvalue weighted by molar-refractivity contribution is 7.07. The first-order chi connectivity index (χ1) is 8.83. The van der Waals surface area contributed by atoms with Crippen molar-refractivity contribution >= 4 is 11.3 Å². The molecule has 96 valence electrons. The van der Waals surface area contributed by atoms with E-state index in [1.54, 1.807) is 18.4 Å². The molecule has 1 aromatic carbocycles. The Morgan fingerprint density at radius 2 is 2.00 bits per heavy atom. The third-order valence-electron chi connectivity index (χ3n) is 2.74. The maximum absolute atomic E-state index is 5.84. The first-order valence-corrected chi connectivity index (χ1v) is 6.74. The second-order valence-electron chi connectivity index (χ2n) is 3.94. The molecule has 0 saturated carbocycles. The minimum Gasteiger partial charge on any atom is -0.497 e.